The number of aliphatic hydroxyl groups excluding tert-OH is 1. The van der Waals surface area contributed by atoms with Crippen LogP contribution in [-0.4, -0.2) is 39.1 Å². The van der Waals surface area contributed by atoms with Crippen molar-refractivity contribution in [3.63, 3.8) is 0 Å². The van der Waals surface area contributed by atoms with Crippen LogP contribution >= 0.6 is 0 Å². The summed E-state index contributed by atoms with van der Waals surface area (Å²) < 4.78 is 11.8. The quantitative estimate of drug-likeness (QED) is 0.786. The van der Waals surface area contributed by atoms with Crippen LogP contribution < -0.4 is 10.4 Å². The van der Waals surface area contributed by atoms with E-state index in [0.717, 1.165) is 0 Å². The molecule has 0 aromatic heterocycles. The second-order valence-electron chi connectivity index (χ2n) is 6.61. The second kappa shape index (κ2) is 8.41. The lowest BCUT2D eigenvalue weighted by molar-refractivity contribution is -0.0586. The van der Waals surface area contributed by atoms with Crippen molar-refractivity contribution in [1.82, 2.24) is 0 Å². The summed E-state index contributed by atoms with van der Waals surface area (Å²) in [5, 5.41) is 12.5. The Bertz CT molecular complexity index is 527. The molecule has 0 saturated carbocycles. The molecule has 0 aliphatic heterocycles. The van der Waals surface area contributed by atoms with Crippen LogP contribution in [0, 0.1) is 0 Å². The summed E-state index contributed by atoms with van der Waals surface area (Å²) in [7, 11) is -1.79. The Morgan fingerprint density at radius 3 is 1.78 bits per heavy atom. The van der Waals surface area contributed by atoms with Crippen LogP contribution in [0.2, 0.25) is 0 Å². The lowest BCUT2D eigenvalue weighted by Gasteiger charge is -2.23. The maximum atomic E-state index is 10.1. The van der Waals surface area contributed by atoms with Gasteiger partial charge in [0.05, 0.1) is 24.9 Å². The van der Waals surface area contributed by atoms with Gasteiger partial charge < -0.3 is 14.3 Å². The fraction of sp³-hybridized carbons (Fsp3) is 0.368. The van der Waals surface area contributed by atoms with Gasteiger partial charge in [-0.1, -0.05) is 60.7 Å². The Balaban J connectivity index is 2.02. The smallest absolute Gasteiger partial charge is 0.239 e. The first-order chi connectivity index (χ1) is 11.0. The van der Waals surface area contributed by atoms with Gasteiger partial charge in [0.1, 0.15) is 0 Å². The number of rotatable bonds is 7. The predicted molar refractivity (Wildman–Crippen MR) is 97.0 cm³/mol. The SMILES string of the molecule is CC(C)(C)OCC(O)CO[SiH](c1ccccc1)c1ccccc1. The number of hydrogen-bond donors (Lipinski definition) is 1. The van der Waals surface area contributed by atoms with Gasteiger partial charge in [0, 0.05) is 0 Å². The summed E-state index contributed by atoms with van der Waals surface area (Å²) in [6.07, 6.45) is -0.614. The third-order valence-corrected chi connectivity index (χ3v) is 5.88. The Kier molecular flexibility index (Phi) is 6.54. The van der Waals surface area contributed by atoms with E-state index in [1.807, 2.05) is 57.2 Å². The molecule has 3 nitrogen and oxygen atoms in total. The van der Waals surface area contributed by atoms with Gasteiger partial charge in [-0.25, -0.2) is 0 Å². The van der Waals surface area contributed by atoms with E-state index in [0.29, 0.717) is 0 Å². The maximum Gasteiger partial charge on any atom is 0.239 e. The molecule has 0 heterocycles. The van der Waals surface area contributed by atoms with E-state index >= 15 is 0 Å². The minimum absolute atomic E-state index is 0.253. The molecule has 0 bridgehead atoms. The first kappa shape index (κ1) is 17.9. The van der Waals surface area contributed by atoms with Gasteiger partial charge in [-0.15, -0.1) is 0 Å². The zero-order chi connectivity index (χ0) is 16.7. The number of aliphatic hydroxyl groups is 1. The van der Waals surface area contributed by atoms with Crippen molar-refractivity contribution in [3.8, 4) is 0 Å². The first-order valence-electron chi connectivity index (χ1n) is 7.99. The summed E-state index contributed by atoms with van der Waals surface area (Å²) in [6.45, 7) is 6.51. The first-order valence-corrected chi connectivity index (χ1v) is 9.62. The minimum Gasteiger partial charge on any atom is -0.408 e. The monoisotopic (exact) mass is 330 g/mol. The van der Waals surface area contributed by atoms with Gasteiger partial charge in [0.25, 0.3) is 0 Å². The summed E-state index contributed by atoms with van der Waals surface area (Å²) in [5.41, 5.74) is -0.253. The van der Waals surface area contributed by atoms with Crippen molar-refractivity contribution in [1.29, 1.82) is 0 Å². The number of hydrogen-bond acceptors (Lipinski definition) is 3. The van der Waals surface area contributed by atoms with E-state index in [4.69, 9.17) is 9.16 Å². The van der Waals surface area contributed by atoms with Crippen molar-refractivity contribution in [2.45, 2.75) is 32.5 Å². The average molecular weight is 331 g/mol. The molecule has 2 aromatic carbocycles. The molecular weight excluding hydrogens is 304 g/mol. The van der Waals surface area contributed by atoms with Gasteiger partial charge in [0.2, 0.25) is 9.04 Å². The predicted octanol–water partition coefficient (Wildman–Crippen LogP) is 1.72. The van der Waals surface area contributed by atoms with E-state index < -0.39 is 15.1 Å². The van der Waals surface area contributed by atoms with E-state index in [-0.39, 0.29) is 18.8 Å². The molecule has 0 saturated heterocycles. The molecule has 1 N–H and O–H groups in total. The molecular formula is C19H26O3Si. The molecule has 1 atom stereocenters. The molecule has 0 amide bonds. The van der Waals surface area contributed by atoms with Crippen LogP contribution in [0.1, 0.15) is 20.8 Å². The van der Waals surface area contributed by atoms with Crippen LogP contribution in [-0.2, 0) is 9.16 Å². The van der Waals surface area contributed by atoms with Gasteiger partial charge in [-0.3, -0.25) is 0 Å². The van der Waals surface area contributed by atoms with Crippen LogP contribution in [0.25, 0.3) is 0 Å². The molecule has 0 fully saturated rings. The van der Waals surface area contributed by atoms with E-state index in [1.165, 1.54) is 10.4 Å². The largest absolute Gasteiger partial charge is 0.408 e. The van der Waals surface area contributed by atoms with E-state index in [2.05, 4.69) is 24.3 Å². The summed E-state index contributed by atoms with van der Waals surface area (Å²) in [5.74, 6) is 0. The fourth-order valence-corrected chi connectivity index (χ4v) is 4.57. The molecule has 2 rings (SSSR count). The van der Waals surface area contributed by atoms with E-state index in [9.17, 15) is 5.11 Å². The zero-order valence-corrected chi connectivity index (χ0v) is 15.3. The lowest BCUT2D eigenvalue weighted by atomic mass is 10.2. The molecule has 0 spiro atoms. The molecule has 0 aliphatic carbocycles. The third-order valence-electron chi connectivity index (χ3n) is 3.37. The van der Waals surface area contributed by atoms with Crippen molar-refractivity contribution < 1.29 is 14.3 Å². The fourth-order valence-electron chi connectivity index (χ4n) is 2.24. The standard InChI is InChI=1S/C19H26O3Si/c1-19(2,3)21-14-16(20)15-22-23(17-10-6-4-7-11-17)18-12-8-5-9-13-18/h4-13,16,20,23H,14-15H2,1-3H3. The summed E-state index contributed by atoms with van der Waals surface area (Å²) in [4.78, 5) is 0. The van der Waals surface area contributed by atoms with Crippen molar-refractivity contribution in [2.75, 3.05) is 13.2 Å². The highest BCUT2D eigenvalue weighted by molar-refractivity contribution is 6.80. The normalized spacial score (nSPS) is 13.3. The lowest BCUT2D eigenvalue weighted by Crippen LogP contribution is -2.46. The molecule has 2 aromatic rings. The third kappa shape index (κ3) is 6.27. The van der Waals surface area contributed by atoms with Crippen LogP contribution in [0.4, 0.5) is 0 Å². The second-order valence-corrected chi connectivity index (χ2v) is 9.04. The van der Waals surface area contributed by atoms with Crippen LogP contribution in [0.5, 0.6) is 0 Å². The molecule has 4 heteroatoms. The van der Waals surface area contributed by atoms with Crippen LogP contribution in [0.15, 0.2) is 60.7 Å². The minimum atomic E-state index is -1.79. The Labute approximate surface area is 140 Å². The molecule has 0 radical (unpaired) electrons. The van der Waals surface area contributed by atoms with Crippen molar-refractivity contribution >= 4 is 19.4 Å². The number of benzene rings is 2. The Hall–Kier alpha value is -1.46. The maximum absolute atomic E-state index is 10.1. The summed E-state index contributed by atoms with van der Waals surface area (Å²) >= 11 is 0. The Morgan fingerprint density at radius 1 is 0.870 bits per heavy atom. The molecule has 23 heavy (non-hydrogen) atoms. The number of ether oxygens (including phenoxy) is 1. The van der Waals surface area contributed by atoms with Crippen LogP contribution in [0.3, 0.4) is 0 Å². The van der Waals surface area contributed by atoms with Gasteiger partial charge in [-0.05, 0) is 31.1 Å². The zero-order valence-electron chi connectivity index (χ0n) is 14.1. The topological polar surface area (TPSA) is 38.7 Å². The van der Waals surface area contributed by atoms with Gasteiger partial charge in [0.15, 0.2) is 0 Å². The highest BCUT2D eigenvalue weighted by Crippen LogP contribution is 2.07. The summed E-state index contributed by atoms with van der Waals surface area (Å²) in [6, 6.07) is 20.5. The van der Waals surface area contributed by atoms with Crippen molar-refractivity contribution in [3.05, 3.63) is 60.7 Å². The van der Waals surface area contributed by atoms with Gasteiger partial charge in [-0.2, -0.15) is 0 Å². The highest BCUT2D eigenvalue weighted by atomic mass is 28.3. The van der Waals surface area contributed by atoms with E-state index in [1.54, 1.807) is 0 Å². The van der Waals surface area contributed by atoms with Gasteiger partial charge >= 0.3 is 0 Å². The van der Waals surface area contributed by atoms with Crippen molar-refractivity contribution in [2.24, 2.45) is 0 Å². The Morgan fingerprint density at radius 2 is 1.35 bits per heavy atom. The average Bonchev–Trinajstić information content (AvgIpc) is 2.54. The highest BCUT2D eigenvalue weighted by Gasteiger charge is 2.20. The molecule has 1 unspecified atom stereocenters. The molecule has 0 aliphatic rings. The molecule has 124 valence electrons.